The van der Waals surface area contributed by atoms with Crippen LogP contribution >= 0.6 is 0 Å². The fraction of sp³-hybridized carbons (Fsp3) is 0.900. The minimum absolute atomic E-state index is 0.243. The van der Waals surface area contributed by atoms with Crippen molar-refractivity contribution in [3.63, 3.8) is 0 Å². The molecule has 1 heteroatoms. The highest BCUT2D eigenvalue weighted by Crippen LogP contribution is 2.72. The Morgan fingerprint density at radius 1 is 1.00 bits per heavy atom. The third-order valence-corrected chi connectivity index (χ3v) is 4.67. The van der Waals surface area contributed by atoms with E-state index >= 15 is 0 Å². The lowest BCUT2D eigenvalue weighted by Crippen LogP contribution is -2.46. The average molecular weight is 150 g/mol. The van der Waals surface area contributed by atoms with Gasteiger partial charge in [0.25, 0.3) is 0 Å². The first-order valence-electron chi connectivity index (χ1n) is 4.83. The molecule has 11 heavy (non-hydrogen) atoms. The molecule has 3 aliphatic rings. The molecule has 2 atom stereocenters. The van der Waals surface area contributed by atoms with Crippen molar-refractivity contribution in [1.82, 2.24) is 0 Å². The van der Waals surface area contributed by atoms with Gasteiger partial charge in [0.1, 0.15) is 5.78 Å². The highest BCUT2D eigenvalue weighted by molar-refractivity contribution is 5.90. The normalized spacial score (nSPS) is 53.6. The van der Waals surface area contributed by atoms with Gasteiger partial charge in [-0.3, -0.25) is 4.79 Å². The first kappa shape index (κ1) is 6.22. The second-order valence-electron chi connectivity index (χ2n) is 4.64. The van der Waals surface area contributed by atoms with E-state index in [4.69, 9.17) is 0 Å². The number of ketones is 1. The summed E-state index contributed by atoms with van der Waals surface area (Å²) in [6, 6.07) is 0. The smallest absolute Gasteiger partial charge is 0.139 e. The van der Waals surface area contributed by atoms with Crippen LogP contribution in [0.2, 0.25) is 0 Å². The molecular formula is C10H14O. The topological polar surface area (TPSA) is 17.1 Å². The standard InChI is InChI=1S/C10H14O/c11-8-2-5-9-3-1-4-10(8,9)7-6-9/h1-7H2. The summed E-state index contributed by atoms with van der Waals surface area (Å²) in [6.07, 6.45) is 8.63. The second-order valence-corrected chi connectivity index (χ2v) is 4.64. The van der Waals surface area contributed by atoms with Gasteiger partial charge in [-0.2, -0.15) is 0 Å². The van der Waals surface area contributed by atoms with E-state index in [1.807, 2.05) is 0 Å². The zero-order chi connectivity index (χ0) is 7.53. The number of carbonyl (C=O) groups excluding carboxylic acids is 1. The van der Waals surface area contributed by atoms with Crippen molar-refractivity contribution >= 4 is 5.78 Å². The molecule has 3 rings (SSSR count). The molecule has 3 aliphatic carbocycles. The van der Waals surface area contributed by atoms with Gasteiger partial charge in [0.05, 0.1) is 0 Å². The summed E-state index contributed by atoms with van der Waals surface area (Å²) in [7, 11) is 0. The molecule has 1 nitrogen and oxygen atoms in total. The van der Waals surface area contributed by atoms with Crippen LogP contribution in [0.4, 0.5) is 0 Å². The first-order chi connectivity index (χ1) is 5.29. The van der Waals surface area contributed by atoms with E-state index in [0.29, 0.717) is 11.2 Å². The summed E-state index contributed by atoms with van der Waals surface area (Å²) in [5, 5.41) is 0. The molecule has 3 fully saturated rings. The van der Waals surface area contributed by atoms with E-state index in [1.165, 1.54) is 38.5 Å². The van der Waals surface area contributed by atoms with Crippen molar-refractivity contribution in [2.75, 3.05) is 0 Å². The second kappa shape index (κ2) is 1.55. The molecule has 0 aromatic heterocycles. The maximum Gasteiger partial charge on any atom is 0.139 e. The average Bonchev–Trinajstić information content (AvgIpc) is 2.27. The SMILES string of the molecule is O=C1CCC23CCCC12CC3. The molecule has 0 radical (unpaired) electrons. The van der Waals surface area contributed by atoms with Gasteiger partial charge in [-0.1, -0.05) is 6.42 Å². The van der Waals surface area contributed by atoms with Crippen molar-refractivity contribution in [1.29, 1.82) is 0 Å². The highest BCUT2D eigenvalue weighted by Gasteiger charge is 2.67. The summed E-state index contributed by atoms with van der Waals surface area (Å²) in [5.41, 5.74) is 0.789. The van der Waals surface area contributed by atoms with Crippen LogP contribution in [-0.2, 0) is 4.79 Å². The quantitative estimate of drug-likeness (QED) is 0.518. The molecule has 0 amide bonds. The van der Waals surface area contributed by atoms with Crippen molar-refractivity contribution in [3.8, 4) is 0 Å². The van der Waals surface area contributed by atoms with Crippen LogP contribution in [0.5, 0.6) is 0 Å². The third kappa shape index (κ3) is 0.447. The molecule has 0 bridgehead atoms. The summed E-state index contributed by atoms with van der Waals surface area (Å²) < 4.78 is 0. The van der Waals surface area contributed by atoms with Crippen molar-refractivity contribution < 1.29 is 4.79 Å². The Morgan fingerprint density at radius 2 is 1.91 bits per heavy atom. The summed E-state index contributed by atoms with van der Waals surface area (Å²) in [4.78, 5) is 11.6. The molecule has 0 N–H and O–H groups in total. The van der Waals surface area contributed by atoms with Crippen LogP contribution in [0.1, 0.15) is 44.9 Å². The lowest BCUT2D eigenvalue weighted by molar-refractivity contribution is -0.137. The Balaban J connectivity index is 2.11. The largest absolute Gasteiger partial charge is 0.299 e. The zero-order valence-electron chi connectivity index (χ0n) is 6.86. The number of carbonyl (C=O) groups is 1. The van der Waals surface area contributed by atoms with E-state index in [9.17, 15) is 4.79 Å². The monoisotopic (exact) mass is 150 g/mol. The number of hydrogen-bond donors (Lipinski definition) is 0. The lowest BCUT2D eigenvalue weighted by atomic mass is 9.53. The van der Waals surface area contributed by atoms with E-state index < -0.39 is 0 Å². The maximum absolute atomic E-state index is 11.6. The molecule has 60 valence electrons. The van der Waals surface area contributed by atoms with Crippen LogP contribution in [0.25, 0.3) is 0 Å². The van der Waals surface area contributed by atoms with E-state index in [0.717, 1.165) is 6.42 Å². The van der Waals surface area contributed by atoms with E-state index in [1.54, 1.807) is 0 Å². The molecule has 0 spiro atoms. The van der Waals surface area contributed by atoms with Gasteiger partial charge in [0.15, 0.2) is 0 Å². The number of Topliss-reactive ketones (excluding diaryl/α,β-unsaturated/α-hetero) is 1. The lowest BCUT2D eigenvalue weighted by Gasteiger charge is -2.50. The van der Waals surface area contributed by atoms with Gasteiger partial charge < -0.3 is 0 Å². The molecule has 0 heterocycles. The Morgan fingerprint density at radius 3 is 2.55 bits per heavy atom. The number of rotatable bonds is 0. The van der Waals surface area contributed by atoms with Gasteiger partial charge in [0.2, 0.25) is 0 Å². The summed E-state index contributed by atoms with van der Waals surface area (Å²) in [5.74, 6) is 0.612. The maximum atomic E-state index is 11.6. The van der Waals surface area contributed by atoms with Crippen molar-refractivity contribution in [2.45, 2.75) is 44.9 Å². The van der Waals surface area contributed by atoms with Gasteiger partial charge in [-0.25, -0.2) is 0 Å². The predicted molar refractivity (Wildman–Crippen MR) is 42.2 cm³/mol. The Bertz CT molecular complexity index is 233. The fourth-order valence-corrected chi connectivity index (χ4v) is 3.92. The van der Waals surface area contributed by atoms with Crippen LogP contribution in [0.3, 0.4) is 0 Å². The van der Waals surface area contributed by atoms with Crippen LogP contribution in [0, 0.1) is 10.8 Å². The van der Waals surface area contributed by atoms with E-state index in [-0.39, 0.29) is 5.41 Å². The molecule has 0 aliphatic heterocycles. The van der Waals surface area contributed by atoms with Crippen molar-refractivity contribution in [3.05, 3.63) is 0 Å². The molecule has 0 saturated heterocycles. The number of hydrogen-bond acceptors (Lipinski definition) is 1. The molecule has 3 saturated carbocycles. The third-order valence-electron chi connectivity index (χ3n) is 4.67. The first-order valence-corrected chi connectivity index (χ1v) is 4.83. The Kier molecular flexibility index (Phi) is 0.875. The summed E-state index contributed by atoms with van der Waals surface area (Å²) in [6.45, 7) is 0. The predicted octanol–water partition coefficient (Wildman–Crippen LogP) is 2.30. The van der Waals surface area contributed by atoms with Gasteiger partial charge >= 0.3 is 0 Å². The van der Waals surface area contributed by atoms with Gasteiger partial charge in [-0.05, 0) is 37.5 Å². The summed E-state index contributed by atoms with van der Waals surface area (Å²) >= 11 is 0. The Hall–Kier alpha value is -0.330. The fourth-order valence-electron chi connectivity index (χ4n) is 3.92. The molecule has 2 unspecified atom stereocenters. The minimum atomic E-state index is 0.243. The van der Waals surface area contributed by atoms with Gasteiger partial charge in [-0.15, -0.1) is 0 Å². The molecular weight excluding hydrogens is 136 g/mol. The van der Waals surface area contributed by atoms with Crippen LogP contribution in [-0.4, -0.2) is 5.78 Å². The molecule has 0 aromatic rings. The van der Waals surface area contributed by atoms with Gasteiger partial charge in [0, 0.05) is 11.8 Å². The van der Waals surface area contributed by atoms with Crippen LogP contribution < -0.4 is 0 Å². The Labute approximate surface area is 67.2 Å². The van der Waals surface area contributed by atoms with Crippen molar-refractivity contribution in [2.24, 2.45) is 10.8 Å². The van der Waals surface area contributed by atoms with E-state index in [2.05, 4.69) is 0 Å². The minimum Gasteiger partial charge on any atom is -0.299 e. The molecule has 0 aromatic carbocycles. The van der Waals surface area contributed by atoms with Crippen LogP contribution in [0.15, 0.2) is 0 Å². The zero-order valence-corrected chi connectivity index (χ0v) is 6.86. The highest BCUT2D eigenvalue weighted by atomic mass is 16.1.